The number of rotatable bonds is 5. The standard InChI is InChI=1S/C21H22ClFN4O3/c1-13(28)25-15-5-2-4-14(10-15)20(29)27-21(24-12-17-6-3-9-30-17)26-16-7-8-19(23)18(22)11-16/h2,4-5,7-8,10-11,17H,3,6,9,12H2,1H3,(H,25,28)(H2,24,26,27,29)/t17-/m0/s1. The predicted octanol–water partition coefficient (Wildman–Crippen LogP) is 3.81. The fourth-order valence-corrected chi connectivity index (χ4v) is 3.10. The van der Waals surface area contributed by atoms with E-state index in [1.807, 2.05) is 0 Å². The van der Waals surface area contributed by atoms with Crippen molar-refractivity contribution < 1.29 is 18.7 Å². The summed E-state index contributed by atoms with van der Waals surface area (Å²) in [7, 11) is 0. The lowest BCUT2D eigenvalue weighted by molar-refractivity contribution is -0.114. The van der Waals surface area contributed by atoms with Crippen molar-refractivity contribution in [3.05, 3.63) is 58.9 Å². The van der Waals surface area contributed by atoms with Gasteiger partial charge in [0.2, 0.25) is 11.9 Å². The summed E-state index contributed by atoms with van der Waals surface area (Å²) >= 11 is 5.84. The lowest BCUT2D eigenvalue weighted by Crippen LogP contribution is -2.36. The molecule has 30 heavy (non-hydrogen) atoms. The third-order valence-corrected chi connectivity index (χ3v) is 4.63. The lowest BCUT2D eigenvalue weighted by atomic mass is 10.2. The summed E-state index contributed by atoms with van der Waals surface area (Å²) in [4.78, 5) is 28.4. The number of nitrogens with zero attached hydrogens (tertiary/aromatic N) is 1. The van der Waals surface area contributed by atoms with E-state index in [0.29, 0.717) is 30.1 Å². The van der Waals surface area contributed by atoms with Crippen LogP contribution in [-0.4, -0.2) is 37.0 Å². The first-order valence-electron chi connectivity index (χ1n) is 9.48. The van der Waals surface area contributed by atoms with Gasteiger partial charge in [0.25, 0.3) is 5.91 Å². The molecule has 2 aromatic carbocycles. The number of carbonyl (C=O) groups excluding carboxylic acids is 2. The number of carbonyl (C=O) groups is 2. The van der Waals surface area contributed by atoms with Gasteiger partial charge < -0.3 is 15.4 Å². The second-order valence-electron chi connectivity index (χ2n) is 6.79. The largest absolute Gasteiger partial charge is 0.376 e. The number of guanidine groups is 1. The molecule has 1 atom stereocenters. The average molecular weight is 433 g/mol. The average Bonchev–Trinajstić information content (AvgIpc) is 3.22. The second kappa shape index (κ2) is 10.2. The van der Waals surface area contributed by atoms with Crippen molar-refractivity contribution in [1.82, 2.24) is 5.32 Å². The van der Waals surface area contributed by atoms with E-state index in [-0.39, 0.29) is 23.0 Å². The molecule has 3 rings (SSSR count). The van der Waals surface area contributed by atoms with Crippen LogP contribution in [0, 0.1) is 5.82 Å². The zero-order chi connectivity index (χ0) is 21.5. The molecule has 1 saturated heterocycles. The Morgan fingerprint density at radius 3 is 2.70 bits per heavy atom. The first-order chi connectivity index (χ1) is 14.4. The molecule has 3 N–H and O–H groups in total. The summed E-state index contributed by atoms with van der Waals surface area (Å²) in [5.74, 6) is -1.02. The van der Waals surface area contributed by atoms with E-state index in [1.165, 1.54) is 25.1 Å². The van der Waals surface area contributed by atoms with Gasteiger partial charge in [-0.3, -0.25) is 14.9 Å². The van der Waals surface area contributed by atoms with Crippen LogP contribution in [0.2, 0.25) is 5.02 Å². The van der Waals surface area contributed by atoms with Crippen molar-refractivity contribution >= 4 is 40.7 Å². The first-order valence-corrected chi connectivity index (χ1v) is 9.85. The van der Waals surface area contributed by atoms with Gasteiger partial charge in [-0.1, -0.05) is 17.7 Å². The Morgan fingerprint density at radius 1 is 1.20 bits per heavy atom. The van der Waals surface area contributed by atoms with E-state index in [9.17, 15) is 14.0 Å². The molecule has 0 radical (unpaired) electrons. The summed E-state index contributed by atoms with van der Waals surface area (Å²) < 4.78 is 19.0. The highest BCUT2D eigenvalue weighted by atomic mass is 35.5. The van der Waals surface area contributed by atoms with Crippen LogP contribution < -0.4 is 16.0 Å². The maximum atomic E-state index is 13.4. The molecule has 1 heterocycles. The molecular weight excluding hydrogens is 411 g/mol. The molecule has 0 unspecified atom stereocenters. The Hall–Kier alpha value is -2.97. The summed E-state index contributed by atoms with van der Waals surface area (Å²) in [5, 5.41) is 8.26. The molecule has 0 aliphatic carbocycles. The van der Waals surface area contributed by atoms with Gasteiger partial charge in [0, 0.05) is 30.5 Å². The Bertz CT molecular complexity index is 961. The number of hydrogen-bond donors (Lipinski definition) is 3. The lowest BCUT2D eigenvalue weighted by Gasteiger charge is -2.14. The molecule has 0 saturated carbocycles. The maximum Gasteiger partial charge on any atom is 0.258 e. The normalized spacial score (nSPS) is 16.2. The van der Waals surface area contributed by atoms with Gasteiger partial charge in [0.1, 0.15) is 5.82 Å². The van der Waals surface area contributed by atoms with Gasteiger partial charge in [-0.05, 0) is 49.2 Å². The number of hydrogen-bond acceptors (Lipinski definition) is 4. The number of nitrogens with one attached hydrogen (secondary N) is 3. The van der Waals surface area contributed by atoms with Gasteiger partial charge in [0.15, 0.2) is 0 Å². The zero-order valence-electron chi connectivity index (χ0n) is 16.4. The molecule has 2 amide bonds. The van der Waals surface area contributed by atoms with Gasteiger partial charge in [-0.15, -0.1) is 0 Å². The Kier molecular flexibility index (Phi) is 7.37. The SMILES string of the molecule is CC(=O)Nc1cccc(C(=O)NC(=NC[C@@H]2CCCO2)Nc2ccc(F)c(Cl)c2)c1. The fourth-order valence-electron chi connectivity index (χ4n) is 2.92. The van der Waals surface area contributed by atoms with Crippen molar-refractivity contribution in [1.29, 1.82) is 0 Å². The minimum atomic E-state index is -0.543. The van der Waals surface area contributed by atoms with E-state index >= 15 is 0 Å². The molecule has 0 aromatic heterocycles. The van der Waals surface area contributed by atoms with E-state index in [0.717, 1.165) is 12.8 Å². The van der Waals surface area contributed by atoms with Crippen LogP contribution in [0.15, 0.2) is 47.5 Å². The van der Waals surface area contributed by atoms with Crippen LogP contribution in [0.1, 0.15) is 30.1 Å². The summed E-state index contributed by atoms with van der Waals surface area (Å²) in [5.41, 5.74) is 1.32. The third-order valence-electron chi connectivity index (χ3n) is 4.34. The molecule has 1 aliphatic rings. The monoisotopic (exact) mass is 432 g/mol. The zero-order valence-corrected chi connectivity index (χ0v) is 17.1. The van der Waals surface area contributed by atoms with E-state index in [2.05, 4.69) is 20.9 Å². The molecule has 158 valence electrons. The Balaban J connectivity index is 1.76. The molecule has 1 aliphatic heterocycles. The molecule has 7 nitrogen and oxygen atoms in total. The Labute approximate surface area is 178 Å². The van der Waals surface area contributed by atoms with Crippen LogP contribution in [0.3, 0.4) is 0 Å². The number of benzene rings is 2. The smallest absolute Gasteiger partial charge is 0.258 e. The molecular formula is C21H22ClFN4O3. The van der Waals surface area contributed by atoms with Gasteiger partial charge >= 0.3 is 0 Å². The molecule has 0 spiro atoms. The van der Waals surface area contributed by atoms with Crippen LogP contribution in [0.25, 0.3) is 0 Å². The number of halogens is 2. The predicted molar refractivity (Wildman–Crippen MR) is 115 cm³/mol. The fraction of sp³-hybridized carbons (Fsp3) is 0.286. The van der Waals surface area contributed by atoms with Gasteiger partial charge in [0.05, 0.1) is 17.7 Å². The summed E-state index contributed by atoms with van der Waals surface area (Å²) in [6.07, 6.45) is 1.85. The van der Waals surface area contributed by atoms with Crippen molar-refractivity contribution in [3.63, 3.8) is 0 Å². The number of ether oxygens (including phenoxy) is 1. The molecule has 0 bridgehead atoms. The Morgan fingerprint density at radius 2 is 2.00 bits per heavy atom. The van der Waals surface area contributed by atoms with Crippen molar-refractivity contribution in [2.45, 2.75) is 25.9 Å². The van der Waals surface area contributed by atoms with Gasteiger partial charge in [-0.25, -0.2) is 9.38 Å². The van der Waals surface area contributed by atoms with Crippen LogP contribution in [-0.2, 0) is 9.53 Å². The van der Waals surface area contributed by atoms with Crippen molar-refractivity contribution in [2.24, 2.45) is 4.99 Å². The highest BCUT2D eigenvalue weighted by molar-refractivity contribution is 6.31. The quantitative estimate of drug-likeness (QED) is 0.495. The molecule has 9 heteroatoms. The van der Waals surface area contributed by atoms with Crippen molar-refractivity contribution in [2.75, 3.05) is 23.8 Å². The second-order valence-corrected chi connectivity index (χ2v) is 7.20. The molecule has 2 aromatic rings. The van der Waals surface area contributed by atoms with E-state index in [4.69, 9.17) is 16.3 Å². The summed E-state index contributed by atoms with van der Waals surface area (Å²) in [6.45, 7) is 2.45. The topological polar surface area (TPSA) is 91.8 Å². The number of aliphatic imine (C=N–C) groups is 1. The minimum absolute atomic E-state index is 0.0152. The highest BCUT2D eigenvalue weighted by Gasteiger charge is 2.16. The van der Waals surface area contributed by atoms with E-state index in [1.54, 1.807) is 24.3 Å². The third kappa shape index (κ3) is 6.27. The summed E-state index contributed by atoms with van der Waals surface area (Å²) in [6, 6.07) is 10.6. The highest BCUT2D eigenvalue weighted by Crippen LogP contribution is 2.19. The minimum Gasteiger partial charge on any atom is -0.376 e. The number of anilines is 2. The van der Waals surface area contributed by atoms with Crippen LogP contribution in [0.4, 0.5) is 15.8 Å². The first kappa shape index (κ1) is 21.7. The van der Waals surface area contributed by atoms with Crippen LogP contribution in [0.5, 0.6) is 0 Å². The molecule has 1 fully saturated rings. The van der Waals surface area contributed by atoms with Crippen molar-refractivity contribution in [3.8, 4) is 0 Å². The van der Waals surface area contributed by atoms with Crippen LogP contribution >= 0.6 is 11.6 Å². The number of amides is 2. The van der Waals surface area contributed by atoms with Gasteiger partial charge in [-0.2, -0.15) is 0 Å². The maximum absolute atomic E-state index is 13.4. The van der Waals surface area contributed by atoms with E-state index < -0.39 is 11.7 Å².